The number of hydrogen-bond acceptors (Lipinski definition) is 5. The summed E-state index contributed by atoms with van der Waals surface area (Å²) in [6.45, 7) is 3.82. The molecule has 0 aliphatic carbocycles. The molecule has 3 rings (SSSR count). The number of rotatable bonds is 5. The summed E-state index contributed by atoms with van der Waals surface area (Å²) >= 11 is 1.19. The van der Waals surface area contributed by atoms with Crippen molar-refractivity contribution in [3.63, 3.8) is 0 Å². The number of carbonyl (C=O) groups is 1. The zero-order chi connectivity index (χ0) is 19.4. The highest BCUT2D eigenvalue weighted by molar-refractivity contribution is 8.00. The van der Waals surface area contributed by atoms with Gasteiger partial charge in [0.25, 0.3) is 5.56 Å². The molecular formula is C20H18N4O2S. The van der Waals surface area contributed by atoms with E-state index in [4.69, 9.17) is 6.42 Å². The molecule has 6 nitrogen and oxygen atoms in total. The molecule has 1 aromatic carbocycles. The number of benzene rings is 1. The Labute approximate surface area is 161 Å². The Morgan fingerprint density at radius 3 is 2.81 bits per heavy atom. The highest BCUT2D eigenvalue weighted by atomic mass is 32.2. The van der Waals surface area contributed by atoms with Gasteiger partial charge in [-0.1, -0.05) is 35.9 Å². The van der Waals surface area contributed by atoms with Crippen molar-refractivity contribution in [1.29, 1.82) is 0 Å². The minimum absolute atomic E-state index is 0.154. The van der Waals surface area contributed by atoms with Crippen LogP contribution in [-0.2, 0) is 4.79 Å². The van der Waals surface area contributed by atoms with Gasteiger partial charge >= 0.3 is 0 Å². The van der Waals surface area contributed by atoms with Crippen molar-refractivity contribution in [3.05, 3.63) is 58.5 Å². The van der Waals surface area contributed by atoms with Crippen LogP contribution in [0.25, 0.3) is 16.7 Å². The number of fused-ring (bicyclic) bond motifs is 1. The van der Waals surface area contributed by atoms with Gasteiger partial charge in [-0.3, -0.25) is 9.59 Å². The molecule has 136 valence electrons. The largest absolute Gasteiger partial charge is 0.344 e. The first-order chi connectivity index (χ1) is 13.0. The lowest BCUT2D eigenvalue weighted by Gasteiger charge is -2.15. The van der Waals surface area contributed by atoms with Gasteiger partial charge in [0.2, 0.25) is 5.91 Å². The summed E-state index contributed by atoms with van der Waals surface area (Å²) in [7, 11) is 0. The monoisotopic (exact) mass is 378 g/mol. The molecule has 3 aromatic rings. The lowest BCUT2D eigenvalue weighted by Crippen LogP contribution is -2.32. The average Bonchev–Trinajstić information content (AvgIpc) is 2.67. The zero-order valence-electron chi connectivity index (χ0n) is 15.0. The third-order valence-electron chi connectivity index (χ3n) is 3.89. The number of hydrogen-bond donors (Lipinski definition) is 1. The maximum absolute atomic E-state index is 13.1. The van der Waals surface area contributed by atoms with Gasteiger partial charge in [-0.05, 0) is 37.6 Å². The van der Waals surface area contributed by atoms with Crippen molar-refractivity contribution in [2.24, 2.45) is 0 Å². The summed E-state index contributed by atoms with van der Waals surface area (Å²) in [5, 5.41) is 3.06. The Kier molecular flexibility index (Phi) is 5.57. The lowest BCUT2D eigenvalue weighted by molar-refractivity contribution is -0.120. The number of aromatic nitrogens is 3. The van der Waals surface area contributed by atoms with E-state index >= 15 is 0 Å². The molecule has 1 amide bonds. The zero-order valence-corrected chi connectivity index (χ0v) is 15.8. The first-order valence-corrected chi connectivity index (χ1v) is 9.22. The number of amides is 1. The second-order valence-electron chi connectivity index (χ2n) is 5.93. The van der Waals surface area contributed by atoms with E-state index < -0.39 is 5.25 Å². The number of para-hydroxylation sites is 1. The van der Waals surface area contributed by atoms with E-state index in [0.29, 0.717) is 21.9 Å². The smallest absolute Gasteiger partial charge is 0.267 e. The number of nitrogens with one attached hydrogen (secondary N) is 1. The molecule has 0 aliphatic rings. The fourth-order valence-electron chi connectivity index (χ4n) is 2.48. The molecule has 0 aliphatic heterocycles. The lowest BCUT2D eigenvalue weighted by atomic mass is 10.2. The number of aryl methyl sites for hydroxylation is 1. The summed E-state index contributed by atoms with van der Waals surface area (Å²) in [4.78, 5) is 34.3. The molecule has 7 heteroatoms. The van der Waals surface area contributed by atoms with Crippen LogP contribution in [0.3, 0.4) is 0 Å². The van der Waals surface area contributed by atoms with E-state index in [1.807, 2.05) is 19.1 Å². The number of nitrogens with zero attached hydrogens (tertiary/aromatic N) is 3. The quantitative estimate of drug-likeness (QED) is 0.419. The molecular weight excluding hydrogens is 360 g/mol. The van der Waals surface area contributed by atoms with Crippen LogP contribution < -0.4 is 10.9 Å². The number of carbonyl (C=O) groups excluding carboxylic acids is 1. The Bertz CT molecular complexity index is 1080. The minimum atomic E-state index is -0.483. The summed E-state index contributed by atoms with van der Waals surface area (Å²) in [6, 6.07) is 10.8. The Hall–Kier alpha value is -3.11. The highest BCUT2D eigenvalue weighted by Gasteiger charge is 2.20. The van der Waals surface area contributed by atoms with Crippen LogP contribution in [-0.4, -0.2) is 32.2 Å². The van der Waals surface area contributed by atoms with Gasteiger partial charge in [0, 0.05) is 6.20 Å². The highest BCUT2D eigenvalue weighted by Crippen LogP contribution is 2.24. The van der Waals surface area contributed by atoms with E-state index in [1.54, 1.807) is 37.4 Å². The molecule has 0 saturated carbocycles. The van der Waals surface area contributed by atoms with Gasteiger partial charge in [0.05, 0.1) is 22.7 Å². The Morgan fingerprint density at radius 1 is 1.33 bits per heavy atom. The third-order valence-corrected chi connectivity index (χ3v) is 4.94. The predicted molar refractivity (Wildman–Crippen MR) is 107 cm³/mol. The Morgan fingerprint density at radius 2 is 2.11 bits per heavy atom. The number of thioether (sulfide) groups is 1. The molecule has 0 radical (unpaired) electrons. The second-order valence-corrected chi connectivity index (χ2v) is 7.24. The average molecular weight is 378 g/mol. The van der Waals surface area contributed by atoms with E-state index in [2.05, 4.69) is 21.2 Å². The molecule has 0 fully saturated rings. The van der Waals surface area contributed by atoms with Crippen LogP contribution in [0.4, 0.5) is 0 Å². The molecule has 1 unspecified atom stereocenters. The topological polar surface area (TPSA) is 76.9 Å². The van der Waals surface area contributed by atoms with Crippen LogP contribution in [0.5, 0.6) is 0 Å². The van der Waals surface area contributed by atoms with Crippen LogP contribution in [0, 0.1) is 19.3 Å². The Balaban J connectivity index is 2.11. The summed E-state index contributed by atoms with van der Waals surface area (Å²) in [5.41, 5.74) is 1.33. The van der Waals surface area contributed by atoms with E-state index in [1.165, 1.54) is 16.3 Å². The first kappa shape index (κ1) is 18.7. The van der Waals surface area contributed by atoms with E-state index in [0.717, 1.165) is 5.56 Å². The van der Waals surface area contributed by atoms with E-state index in [9.17, 15) is 9.59 Å². The second kappa shape index (κ2) is 8.06. The molecule has 0 bridgehead atoms. The maximum atomic E-state index is 13.1. The van der Waals surface area contributed by atoms with Crippen LogP contribution in [0.1, 0.15) is 12.5 Å². The predicted octanol–water partition coefficient (Wildman–Crippen LogP) is 2.32. The third kappa shape index (κ3) is 4.01. The number of terminal acetylenes is 1. The van der Waals surface area contributed by atoms with Gasteiger partial charge in [-0.15, -0.1) is 6.42 Å². The van der Waals surface area contributed by atoms with Crippen molar-refractivity contribution < 1.29 is 4.79 Å². The van der Waals surface area contributed by atoms with Crippen LogP contribution in [0.15, 0.2) is 52.5 Å². The van der Waals surface area contributed by atoms with Crippen molar-refractivity contribution in [2.45, 2.75) is 24.3 Å². The van der Waals surface area contributed by atoms with Crippen molar-refractivity contribution in [1.82, 2.24) is 19.9 Å². The van der Waals surface area contributed by atoms with E-state index in [-0.39, 0.29) is 18.0 Å². The summed E-state index contributed by atoms with van der Waals surface area (Å²) in [5.74, 6) is 2.61. The molecule has 0 saturated heterocycles. The molecule has 1 N–H and O–H groups in total. The van der Waals surface area contributed by atoms with Gasteiger partial charge in [-0.25, -0.2) is 14.5 Å². The molecule has 2 aromatic heterocycles. The molecule has 1 atom stereocenters. The minimum Gasteiger partial charge on any atom is -0.344 e. The van der Waals surface area contributed by atoms with Crippen molar-refractivity contribution >= 4 is 28.6 Å². The van der Waals surface area contributed by atoms with Gasteiger partial charge < -0.3 is 5.32 Å². The maximum Gasteiger partial charge on any atom is 0.267 e. The first-order valence-electron chi connectivity index (χ1n) is 8.34. The van der Waals surface area contributed by atoms with Crippen molar-refractivity contribution in [2.75, 3.05) is 6.54 Å². The summed E-state index contributed by atoms with van der Waals surface area (Å²) in [6.07, 6.45) is 6.88. The summed E-state index contributed by atoms with van der Waals surface area (Å²) < 4.78 is 1.44. The number of pyridine rings is 1. The fourth-order valence-corrected chi connectivity index (χ4v) is 3.42. The molecule has 0 spiro atoms. The fraction of sp³-hybridized carbons (Fsp3) is 0.200. The SMILES string of the molecule is C#CCNC(=O)C(C)Sc1nc2ccccc2c(=O)n1-c1ccc(C)cn1. The van der Waals surface area contributed by atoms with Crippen molar-refractivity contribution in [3.8, 4) is 18.2 Å². The molecule has 27 heavy (non-hydrogen) atoms. The van der Waals surface area contributed by atoms with Gasteiger partial charge in [-0.2, -0.15) is 0 Å². The molecule has 2 heterocycles. The van der Waals surface area contributed by atoms with Gasteiger partial charge in [0.1, 0.15) is 5.82 Å². The standard InChI is InChI=1S/C20H18N4O2S/c1-4-11-21-18(25)14(3)27-20-23-16-8-6-5-7-15(16)19(26)24(20)17-10-9-13(2)12-22-17/h1,5-10,12,14H,11H2,2-3H3,(H,21,25). The normalized spacial score (nSPS) is 11.7. The van der Waals surface area contributed by atoms with Crippen LogP contribution in [0.2, 0.25) is 0 Å². The van der Waals surface area contributed by atoms with Gasteiger partial charge in [0.15, 0.2) is 5.16 Å². The van der Waals surface area contributed by atoms with Crippen LogP contribution >= 0.6 is 11.8 Å².